The molecule has 1 saturated carbocycles. The van der Waals surface area contributed by atoms with Crippen molar-refractivity contribution in [3.05, 3.63) is 23.7 Å². The molecule has 3 nitrogen and oxygen atoms in total. The van der Waals surface area contributed by atoms with Crippen molar-refractivity contribution in [2.24, 2.45) is 5.92 Å². The topological polar surface area (TPSA) is 36.6 Å². The van der Waals surface area contributed by atoms with Gasteiger partial charge >= 0.3 is 0 Å². The van der Waals surface area contributed by atoms with E-state index in [-0.39, 0.29) is 0 Å². The average molecular weight is 181 g/mol. The highest BCUT2D eigenvalue weighted by Gasteiger charge is 2.36. The van der Waals surface area contributed by atoms with E-state index in [0.717, 1.165) is 22.5 Å². The first-order valence-corrected chi connectivity index (χ1v) is 4.65. The fourth-order valence-corrected chi connectivity index (χ4v) is 1.62. The molecule has 1 heterocycles. The van der Waals surface area contributed by atoms with Crippen LogP contribution in [0, 0.1) is 5.92 Å². The van der Waals surface area contributed by atoms with E-state index in [9.17, 15) is 0 Å². The summed E-state index contributed by atoms with van der Waals surface area (Å²) in [6, 6.07) is 3.96. The van der Waals surface area contributed by atoms with E-state index in [0.29, 0.717) is 12.5 Å². The molecule has 1 aliphatic rings. The van der Waals surface area contributed by atoms with Crippen molar-refractivity contribution in [1.82, 2.24) is 5.06 Å². The second-order valence-corrected chi connectivity index (χ2v) is 3.94. The fraction of sp³-hybridized carbons (Fsp3) is 0.600. The smallest absolute Gasteiger partial charge is 0.120 e. The zero-order chi connectivity index (χ0) is 9.42. The van der Waals surface area contributed by atoms with Gasteiger partial charge in [-0.3, -0.25) is 0 Å². The fourth-order valence-electron chi connectivity index (χ4n) is 1.62. The largest absolute Gasteiger partial charge is 0.464 e. The number of rotatable bonds is 3. The molecule has 1 fully saturated rings. The number of hydroxylamine groups is 2. The Labute approximate surface area is 77.9 Å². The van der Waals surface area contributed by atoms with Crippen LogP contribution >= 0.6 is 0 Å². The Bertz CT molecular complexity index is 293. The summed E-state index contributed by atoms with van der Waals surface area (Å²) in [4.78, 5) is 0. The molecule has 1 aromatic rings. The van der Waals surface area contributed by atoms with E-state index in [1.807, 2.05) is 12.1 Å². The van der Waals surface area contributed by atoms with Crippen LogP contribution in [-0.2, 0) is 6.54 Å². The highest BCUT2D eigenvalue weighted by atomic mass is 16.5. The van der Waals surface area contributed by atoms with Crippen molar-refractivity contribution in [1.29, 1.82) is 0 Å². The molecule has 13 heavy (non-hydrogen) atoms. The zero-order valence-corrected chi connectivity index (χ0v) is 8.03. The van der Waals surface area contributed by atoms with Gasteiger partial charge in [-0.05, 0) is 24.5 Å². The molecule has 2 atom stereocenters. The molecule has 1 aliphatic carbocycles. The van der Waals surface area contributed by atoms with Crippen LogP contribution in [0.15, 0.2) is 16.5 Å². The highest BCUT2D eigenvalue weighted by molar-refractivity contribution is 5.17. The summed E-state index contributed by atoms with van der Waals surface area (Å²) in [5.74, 6) is 3.30. The van der Waals surface area contributed by atoms with Crippen LogP contribution in [0.2, 0.25) is 0 Å². The van der Waals surface area contributed by atoms with Crippen LogP contribution < -0.4 is 0 Å². The van der Waals surface area contributed by atoms with Crippen molar-refractivity contribution in [3.8, 4) is 0 Å². The van der Waals surface area contributed by atoms with Gasteiger partial charge in [0, 0.05) is 13.0 Å². The SMILES string of the molecule is CC1CC1c1ccc(CN(C)O)o1. The monoisotopic (exact) mass is 181 g/mol. The Morgan fingerprint density at radius 3 is 2.85 bits per heavy atom. The maximum atomic E-state index is 8.99. The quantitative estimate of drug-likeness (QED) is 0.726. The van der Waals surface area contributed by atoms with Crippen LogP contribution in [0.25, 0.3) is 0 Å². The molecule has 1 aromatic heterocycles. The first-order chi connectivity index (χ1) is 6.16. The lowest BCUT2D eigenvalue weighted by molar-refractivity contribution is -0.0775. The van der Waals surface area contributed by atoms with Gasteiger partial charge in [-0.15, -0.1) is 0 Å². The van der Waals surface area contributed by atoms with Crippen LogP contribution in [0.5, 0.6) is 0 Å². The minimum absolute atomic E-state index is 0.459. The summed E-state index contributed by atoms with van der Waals surface area (Å²) in [6.45, 7) is 2.69. The number of hydrogen-bond acceptors (Lipinski definition) is 3. The molecule has 2 rings (SSSR count). The summed E-state index contributed by atoms with van der Waals surface area (Å²) in [6.07, 6.45) is 1.24. The minimum Gasteiger partial charge on any atom is -0.464 e. The van der Waals surface area contributed by atoms with E-state index in [2.05, 4.69) is 6.92 Å². The molecule has 0 amide bonds. The van der Waals surface area contributed by atoms with Gasteiger partial charge in [-0.1, -0.05) is 6.92 Å². The first kappa shape index (κ1) is 8.78. The van der Waals surface area contributed by atoms with Crippen molar-refractivity contribution in [2.45, 2.75) is 25.8 Å². The Morgan fingerprint density at radius 2 is 2.31 bits per heavy atom. The normalized spacial score (nSPS) is 26.8. The summed E-state index contributed by atoms with van der Waals surface area (Å²) in [5.41, 5.74) is 0. The third-order valence-electron chi connectivity index (χ3n) is 2.54. The molecule has 1 N–H and O–H groups in total. The molecule has 0 aromatic carbocycles. The van der Waals surface area contributed by atoms with Gasteiger partial charge < -0.3 is 9.62 Å². The van der Waals surface area contributed by atoms with E-state index >= 15 is 0 Å². The Balaban J connectivity index is 2.01. The summed E-state index contributed by atoms with van der Waals surface area (Å²) in [7, 11) is 1.61. The van der Waals surface area contributed by atoms with E-state index < -0.39 is 0 Å². The summed E-state index contributed by atoms with van der Waals surface area (Å²) >= 11 is 0. The number of furan rings is 1. The molecule has 0 bridgehead atoms. The van der Waals surface area contributed by atoms with Gasteiger partial charge in [0.05, 0.1) is 6.54 Å². The Kier molecular flexibility index (Phi) is 2.14. The molecule has 72 valence electrons. The average Bonchev–Trinajstić information content (AvgIpc) is 2.60. The first-order valence-electron chi connectivity index (χ1n) is 4.65. The molecule has 0 radical (unpaired) electrons. The number of nitrogens with zero attached hydrogens (tertiary/aromatic N) is 1. The summed E-state index contributed by atoms with van der Waals surface area (Å²) < 4.78 is 5.59. The predicted molar refractivity (Wildman–Crippen MR) is 48.5 cm³/mol. The lowest BCUT2D eigenvalue weighted by Crippen LogP contribution is -2.10. The molecule has 2 unspecified atom stereocenters. The number of hydrogen-bond donors (Lipinski definition) is 1. The van der Waals surface area contributed by atoms with Gasteiger partial charge in [0.15, 0.2) is 0 Å². The lowest BCUT2D eigenvalue weighted by Gasteiger charge is -2.03. The van der Waals surface area contributed by atoms with Crippen molar-refractivity contribution in [3.63, 3.8) is 0 Å². The lowest BCUT2D eigenvalue weighted by atomic mass is 10.3. The third-order valence-corrected chi connectivity index (χ3v) is 2.54. The molecule has 0 aliphatic heterocycles. The van der Waals surface area contributed by atoms with Crippen LogP contribution in [0.1, 0.15) is 30.8 Å². The van der Waals surface area contributed by atoms with Crippen LogP contribution in [-0.4, -0.2) is 17.3 Å². The predicted octanol–water partition coefficient (Wildman–Crippen LogP) is 2.22. The van der Waals surface area contributed by atoms with Gasteiger partial charge in [-0.2, -0.15) is 5.06 Å². The van der Waals surface area contributed by atoms with Gasteiger partial charge in [0.25, 0.3) is 0 Å². The maximum Gasteiger partial charge on any atom is 0.120 e. The Morgan fingerprint density at radius 1 is 1.62 bits per heavy atom. The highest BCUT2D eigenvalue weighted by Crippen LogP contribution is 2.47. The zero-order valence-electron chi connectivity index (χ0n) is 8.03. The standard InChI is InChI=1S/C10H15NO2/c1-7-5-9(7)10-4-3-8(13-10)6-11(2)12/h3-4,7,9,12H,5-6H2,1-2H3. The van der Waals surface area contributed by atoms with Crippen molar-refractivity contribution >= 4 is 0 Å². The maximum absolute atomic E-state index is 8.99. The minimum atomic E-state index is 0.459. The van der Waals surface area contributed by atoms with Crippen molar-refractivity contribution in [2.75, 3.05) is 7.05 Å². The van der Waals surface area contributed by atoms with E-state index in [1.165, 1.54) is 6.42 Å². The Hall–Kier alpha value is -0.800. The molecular weight excluding hydrogens is 166 g/mol. The van der Waals surface area contributed by atoms with E-state index in [1.54, 1.807) is 7.05 Å². The van der Waals surface area contributed by atoms with Crippen molar-refractivity contribution < 1.29 is 9.62 Å². The van der Waals surface area contributed by atoms with E-state index in [4.69, 9.17) is 9.62 Å². The summed E-state index contributed by atoms with van der Waals surface area (Å²) in [5, 5.41) is 10.1. The van der Waals surface area contributed by atoms with Gasteiger partial charge in [0.1, 0.15) is 11.5 Å². The van der Waals surface area contributed by atoms with Crippen LogP contribution in [0.3, 0.4) is 0 Å². The van der Waals surface area contributed by atoms with Gasteiger partial charge in [-0.25, -0.2) is 0 Å². The second kappa shape index (κ2) is 3.16. The van der Waals surface area contributed by atoms with Crippen LogP contribution in [0.4, 0.5) is 0 Å². The molecule has 0 spiro atoms. The van der Waals surface area contributed by atoms with Gasteiger partial charge in [0.2, 0.25) is 0 Å². The third kappa shape index (κ3) is 1.92. The molecule has 0 saturated heterocycles. The second-order valence-electron chi connectivity index (χ2n) is 3.94. The molecular formula is C10H15NO2. The molecule has 3 heteroatoms.